The standard InChI is InChI=1S/C21H26O/c1-16(2)18-7-6-8-19(15-18)17-11-13-21(14-12-17)22-20-9-4-3-5-10-20/h6-8,11-16,20H,3-5,9-10H2,1-2H3. The van der Waals surface area contributed by atoms with Crippen molar-refractivity contribution in [1.82, 2.24) is 0 Å². The number of hydrogen-bond acceptors (Lipinski definition) is 1. The Morgan fingerprint density at radius 2 is 1.59 bits per heavy atom. The zero-order valence-corrected chi connectivity index (χ0v) is 13.7. The van der Waals surface area contributed by atoms with Gasteiger partial charge >= 0.3 is 0 Å². The molecule has 0 heterocycles. The molecular formula is C21H26O. The van der Waals surface area contributed by atoms with E-state index in [-0.39, 0.29) is 0 Å². The number of rotatable bonds is 4. The van der Waals surface area contributed by atoms with Crippen LogP contribution < -0.4 is 4.74 Å². The second-order valence-electron chi connectivity index (χ2n) is 6.68. The molecule has 22 heavy (non-hydrogen) atoms. The fourth-order valence-corrected chi connectivity index (χ4v) is 3.18. The Balaban J connectivity index is 1.72. The largest absolute Gasteiger partial charge is 0.490 e. The smallest absolute Gasteiger partial charge is 0.119 e. The summed E-state index contributed by atoms with van der Waals surface area (Å²) < 4.78 is 6.11. The van der Waals surface area contributed by atoms with E-state index in [0.717, 1.165) is 5.75 Å². The van der Waals surface area contributed by atoms with Gasteiger partial charge in [-0.25, -0.2) is 0 Å². The lowest BCUT2D eigenvalue weighted by atomic mass is 9.97. The van der Waals surface area contributed by atoms with Crippen LogP contribution in [0.3, 0.4) is 0 Å². The van der Waals surface area contributed by atoms with Gasteiger partial charge in [0.1, 0.15) is 5.75 Å². The molecule has 1 fully saturated rings. The Kier molecular flexibility index (Phi) is 4.82. The molecule has 0 unspecified atom stereocenters. The molecule has 1 heteroatoms. The first-order valence-electron chi connectivity index (χ1n) is 8.59. The highest BCUT2D eigenvalue weighted by Crippen LogP contribution is 2.28. The van der Waals surface area contributed by atoms with Gasteiger partial charge in [-0.15, -0.1) is 0 Å². The third-order valence-electron chi connectivity index (χ3n) is 4.60. The minimum Gasteiger partial charge on any atom is -0.490 e. The molecule has 0 aromatic heterocycles. The molecule has 1 nitrogen and oxygen atoms in total. The molecule has 2 aromatic rings. The fraction of sp³-hybridized carbons (Fsp3) is 0.429. The third-order valence-corrected chi connectivity index (χ3v) is 4.60. The Morgan fingerprint density at radius 1 is 0.864 bits per heavy atom. The predicted octanol–water partition coefficient (Wildman–Crippen LogP) is 6.19. The molecule has 1 saturated carbocycles. The van der Waals surface area contributed by atoms with Gasteiger partial charge in [-0.3, -0.25) is 0 Å². The van der Waals surface area contributed by atoms with E-state index in [0.29, 0.717) is 12.0 Å². The van der Waals surface area contributed by atoms with Crippen molar-refractivity contribution in [1.29, 1.82) is 0 Å². The van der Waals surface area contributed by atoms with E-state index >= 15 is 0 Å². The van der Waals surface area contributed by atoms with Gasteiger partial charge in [0.2, 0.25) is 0 Å². The van der Waals surface area contributed by atoms with Crippen molar-refractivity contribution in [3.63, 3.8) is 0 Å². The molecule has 0 aliphatic heterocycles. The van der Waals surface area contributed by atoms with Gasteiger partial charge in [0.15, 0.2) is 0 Å². The molecule has 0 bridgehead atoms. The van der Waals surface area contributed by atoms with Crippen molar-refractivity contribution in [3.05, 3.63) is 54.1 Å². The predicted molar refractivity (Wildman–Crippen MR) is 93.5 cm³/mol. The van der Waals surface area contributed by atoms with E-state index < -0.39 is 0 Å². The van der Waals surface area contributed by atoms with E-state index in [1.165, 1.54) is 48.8 Å². The van der Waals surface area contributed by atoms with Gasteiger partial charge in [-0.2, -0.15) is 0 Å². The van der Waals surface area contributed by atoms with Gasteiger partial charge in [-0.1, -0.05) is 56.7 Å². The molecule has 3 rings (SSSR count). The molecule has 0 amide bonds. The van der Waals surface area contributed by atoms with Gasteiger partial charge < -0.3 is 4.74 Å². The highest BCUT2D eigenvalue weighted by molar-refractivity contribution is 5.65. The van der Waals surface area contributed by atoms with Crippen LogP contribution in [0, 0.1) is 0 Å². The second kappa shape index (κ2) is 7.00. The first-order chi connectivity index (χ1) is 10.7. The third kappa shape index (κ3) is 3.71. The summed E-state index contributed by atoms with van der Waals surface area (Å²) in [6, 6.07) is 17.4. The highest BCUT2D eigenvalue weighted by atomic mass is 16.5. The van der Waals surface area contributed by atoms with E-state index in [2.05, 4.69) is 62.4 Å². The number of benzene rings is 2. The van der Waals surface area contributed by atoms with Crippen molar-refractivity contribution < 1.29 is 4.74 Å². The van der Waals surface area contributed by atoms with E-state index in [4.69, 9.17) is 4.74 Å². The normalized spacial score (nSPS) is 16.0. The van der Waals surface area contributed by atoms with E-state index in [9.17, 15) is 0 Å². The maximum atomic E-state index is 6.11. The summed E-state index contributed by atoms with van der Waals surface area (Å²) >= 11 is 0. The molecule has 0 radical (unpaired) electrons. The summed E-state index contributed by atoms with van der Waals surface area (Å²) in [4.78, 5) is 0. The molecule has 2 aromatic carbocycles. The van der Waals surface area contributed by atoms with Crippen molar-refractivity contribution in [3.8, 4) is 16.9 Å². The van der Waals surface area contributed by atoms with Gasteiger partial charge in [-0.05, 0) is 60.4 Å². The lowest BCUT2D eigenvalue weighted by Crippen LogP contribution is -2.19. The van der Waals surface area contributed by atoms with Crippen molar-refractivity contribution in [2.75, 3.05) is 0 Å². The average molecular weight is 294 g/mol. The molecule has 0 atom stereocenters. The molecule has 0 N–H and O–H groups in total. The summed E-state index contributed by atoms with van der Waals surface area (Å²) in [6.45, 7) is 4.47. The maximum absolute atomic E-state index is 6.11. The first-order valence-corrected chi connectivity index (χ1v) is 8.59. The summed E-state index contributed by atoms with van der Waals surface area (Å²) in [7, 11) is 0. The van der Waals surface area contributed by atoms with Gasteiger partial charge in [0, 0.05) is 0 Å². The Labute approximate surface area is 134 Å². The van der Waals surface area contributed by atoms with Crippen LogP contribution in [-0.2, 0) is 0 Å². The van der Waals surface area contributed by atoms with Crippen LogP contribution in [0.15, 0.2) is 48.5 Å². The van der Waals surface area contributed by atoms with Crippen molar-refractivity contribution in [2.24, 2.45) is 0 Å². The van der Waals surface area contributed by atoms with Crippen LogP contribution in [0.1, 0.15) is 57.4 Å². The van der Waals surface area contributed by atoms with E-state index in [1.54, 1.807) is 0 Å². The van der Waals surface area contributed by atoms with Gasteiger partial charge in [0.25, 0.3) is 0 Å². The minimum atomic E-state index is 0.420. The zero-order chi connectivity index (χ0) is 15.4. The summed E-state index contributed by atoms with van der Waals surface area (Å²) in [5.41, 5.74) is 3.94. The van der Waals surface area contributed by atoms with Gasteiger partial charge in [0.05, 0.1) is 6.10 Å². The number of hydrogen-bond donors (Lipinski definition) is 0. The summed E-state index contributed by atoms with van der Waals surface area (Å²) in [5, 5.41) is 0. The average Bonchev–Trinajstić information content (AvgIpc) is 2.56. The lowest BCUT2D eigenvalue weighted by molar-refractivity contribution is 0.155. The van der Waals surface area contributed by atoms with Crippen LogP contribution in [0.5, 0.6) is 5.75 Å². The molecular weight excluding hydrogens is 268 g/mol. The monoisotopic (exact) mass is 294 g/mol. The lowest BCUT2D eigenvalue weighted by Gasteiger charge is -2.23. The van der Waals surface area contributed by atoms with Crippen LogP contribution in [0.4, 0.5) is 0 Å². The Morgan fingerprint density at radius 3 is 2.27 bits per heavy atom. The van der Waals surface area contributed by atoms with Crippen LogP contribution >= 0.6 is 0 Å². The SMILES string of the molecule is CC(C)c1cccc(-c2ccc(OC3CCCCC3)cc2)c1. The second-order valence-corrected chi connectivity index (χ2v) is 6.68. The fourth-order valence-electron chi connectivity index (χ4n) is 3.18. The maximum Gasteiger partial charge on any atom is 0.119 e. The minimum absolute atomic E-state index is 0.420. The molecule has 116 valence electrons. The summed E-state index contributed by atoms with van der Waals surface area (Å²) in [6.07, 6.45) is 6.82. The molecule has 1 aliphatic carbocycles. The summed E-state index contributed by atoms with van der Waals surface area (Å²) in [5.74, 6) is 1.57. The quantitative estimate of drug-likeness (QED) is 0.653. The van der Waals surface area contributed by atoms with Crippen molar-refractivity contribution >= 4 is 0 Å². The zero-order valence-electron chi connectivity index (χ0n) is 13.7. The van der Waals surface area contributed by atoms with Crippen LogP contribution in [0.2, 0.25) is 0 Å². The Bertz CT molecular complexity index is 592. The van der Waals surface area contributed by atoms with E-state index in [1.807, 2.05) is 0 Å². The molecule has 1 aliphatic rings. The molecule has 0 saturated heterocycles. The van der Waals surface area contributed by atoms with Crippen LogP contribution in [0.25, 0.3) is 11.1 Å². The van der Waals surface area contributed by atoms with Crippen LogP contribution in [-0.4, -0.2) is 6.10 Å². The first kappa shape index (κ1) is 15.1. The van der Waals surface area contributed by atoms with Crippen molar-refractivity contribution in [2.45, 2.75) is 58.0 Å². The highest BCUT2D eigenvalue weighted by Gasteiger charge is 2.14. The topological polar surface area (TPSA) is 9.23 Å². The Hall–Kier alpha value is -1.76. The number of ether oxygens (including phenoxy) is 1. The molecule has 0 spiro atoms.